The van der Waals surface area contributed by atoms with Crippen molar-refractivity contribution in [3.05, 3.63) is 80.2 Å². The highest BCUT2D eigenvalue weighted by molar-refractivity contribution is 5.94. The Balaban J connectivity index is 1.67. The van der Waals surface area contributed by atoms with E-state index >= 15 is 0 Å². The van der Waals surface area contributed by atoms with Crippen LogP contribution in [0, 0.1) is 5.82 Å². The van der Waals surface area contributed by atoms with Crippen molar-refractivity contribution >= 4 is 16.8 Å². The van der Waals surface area contributed by atoms with E-state index in [2.05, 4.69) is 16.8 Å². The molecule has 0 bridgehead atoms. The summed E-state index contributed by atoms with van der Waals surface area (Å²) in [5.74, 6) is -0.927. The minimum atomic E-state index is -0.584. The highest BCUT2D eigenvalue weighted by Crippen LogP contribution is 2.18. The van der Waals surface area contributed by atoms with E-state index in [1.54, 1.807) is 35.2 Å². The van der Waals surface area contributed by atoms with Gasteiger partial charge in [-0.25, -0.2) is 9.18 Å². The number of nitrogens with zero attached hydrogens (tertiary/aromatic N) is 3. The summed E-state index contributed by atoms with van der Waals surface area (Å²) in [6.07, 6.45) is 0.908. The Morgan fingerprint density at radius 1 is 1.16 bits per heavy atom. The molecule has 3 aromatic rings. The zero-order valence-corrected chi connectivity index (χ0v) is 17.6. The number of rotatable bonds is 4. The second kappa shape index (κ2) is 8.47. The molecule has 1 N–H and O–H groups in total. The van der Waals surface area contributed by atoms with Crippen molar-refractivity contribution in [3.63, 3.8) is 0 Å². The lowest BCUT2D eigenvalue weighted by atomic mass is 10.1. The van der Waals surface area contributed by atoms with Crippen molar-refractivity contribution in [2.45, 2.75) is 25.9 Å². The summed E-state index contributed by atoms with van der Waals surface area (Å²) >= 11 is 0. The number of H-pyrrole nitrogens is 1. The van der Waals surface area contributed by atoms with E-state index in [1.165, 1.54) is 16.7 Å². The lowest BCUT2D eigenvalue weighted by molar-refractivity contribution is 0.0537. The quantitative estimate of drug-likeness (QED) is 0.695. The van der Waals surface area contributed by atoms with E-state index in [9.17, 15) is 18.8 Å². The topological polar surface area (TPSA) is 78.4 Å². The van der Waals surface area contributed by atoms with E-state index < -0.39 is 17.1 Å². The van der Waals surface area contributed by atoms with Crippen molar-refractivity contribution in [2.75, 3.05) is 26.7 Å². The maximum atomic E-state index is 14.6. The van der Waals surface area contributed by atoms with Gasteiger partial charge in [0.25, 0.3) is 11.5 Å². The van der Waals surface area contributed by atoms with Crippen LogP contribution >= 0.6 is 0 Å². The van der Waals surface area contributed by atoms with Crippen LogP contribution in [0.5, 0.6) is 0 Å². The van der Waals surface area contributed by atoms with Gasteiger partial charge in [0.05, 0.1) is 23.0 Å². The van der Waals surface area contributed by atoms with Gasteiger partial charge in [-0.05, 0) is 43.3 Å². The van der Waals surface area contributed by atoms with Crippen LogP contribution in [-0.4, -0.2) is 58.0 Å². The van der Waals surface area contributed by atoms with Crippen molar-refractivity contribution in [2.24, 2.45) is 0 Å². The molecule has 1 aliphatic heterocycles. The molecule has 0 radical (unpaired) electrons. The Hall–Kier alpha value is -3.26. The molecule has 7 nitrogen and oxygen atoms in total. The van der Waals surface area contributed by atoms with E-state index in [4.69, 9.17) is 0 Å². The molecule has 31 heavy (non-hydrogen) atoms. The lowest BCUT2D eigenvalue weighted by Gasteiger charge is -2.39. The van der Waals surface area contributed by atoms with Crippen LogP contribution in [0.15, 0.2) is 52.1 Å². The number of benzene rings is 2. The summed E-state index contributed by atoms with van der Waals surface area (Å²) in [6.45, 7) is 4.02. The molecule has 0 aliphatic carbocycles. The molecule has 1 aliphatic rings. The molecular weight excluding hydrogens is 399 g/mol. The van der Waals surface area contributed by atoms with Gasteiger partial charge in [-0.1, -0.05) is 25.1 Å². The number of aromatic nitrogens is 2. The number of nitrogens with one attached hydrogen (secondary N) is 1. The average molecular weight is 424 g/mol. The van der Waals surface area contributed by atoms with E-state index in [-0.39, 0.29) is 24.1 Å². The summed E-state index contributed by atoms with van der Waals surface area (Å²) in [6, 6.07) is 11.4. The second-order valence-electron chi connectivity index (χ2n) is 7.97. The first kappa shape index (κ1) is 21.0. The Bertz CT molecular complexity index is 1250. The second-order valence-corrected chi connectivity index (χ2v) is 7.97. The standard InChI is InChI=1S/C23H25FN4O3/c1-3-16-14-27(11-10-26(16)2)22(30)18-12-15(8-9-19(18)24)13-28-20-7-5-4-6-17(20)21(29)25-23(28)31/h4-9,12,16H,3,10-11,13-14H2,1-2H3,(H,25,29,31)/t16-/m1/s1. The predicted molar refractivity (Wildman–Crippen MR) is 117 cm³/mol. The number of fused-ring (bicyclic) bond motifs is 1. The van der Waals surface area contributed by atoms with Crippen molar-refractivity contribution in [1.29, 1.82) is 0 Å². The minimum Gasteiger partial charge on any atom is -0.336 e. The largest absolute Gasteiger partial charge is 0.336 e. The number of hydrogen-bond acceptors (Lipinski definition) is 4. The van der Waals surface area contributed by atoms with Crippen LogP contribution < -0.4 is 11.2 Å². The third kappa shape index (κ3) is 4.03. The minimum absolute atomic E-state index is 0.00122. The molecule has 0 spiro atoms. The zero-order chi connectivity index (χ0) is 22.1. The summed E-state index contributed by atoms with van der Waals surface area (Å²) < 4.78 is 16.0. The summed E-state index contributed by atoms with van der Waals surface area (Å²) in [7, 11) is 2.03. The fraction of sp³-hybridized carbons (Fsp3) is 0.348. The van der Waals surface area contributed by atoms with Crippen LogP contribution in [0.25, 0.3) is 10.9 Å². The smallest absolute Gasteiger partial charge is 0.329 e. The fourth-order valence-electron chi connectivity index (χ4n) is 4.16. The van der Waals surface area contributed by atoms with Gasteiger partial charge in [-0.15, -0.1) is 0 Å². The van der Waals surface area contributed by atoms with Crippen LogP contribution in [0.3, 0.4) is 0 Å². The first-order chi connectivity index (χ1) is 14.9. The van der Waals surface area contributed by atoms with Crippen LogP contribution in [0.1, 0.15) is 29.3 Å². The van der Waals surface area contributed by atoms with E-state index in [0.29, 0.717) is 29.6 Å². The zero-order valence-electron chi connectivity index (χ0n) is 17.6. The SMILES string of the molecule is CC[C@@H]1CN(C(=O)c2cc(Cn3c(=O)[nH]c(=O)c4ccccc43)ccc2F)CCN1C. The molecule has 2 heterocycles. The van der Waals surface area contributed by atoms with Gasteiger partial charge in [0.15, 0.2) is 0 Å². The molecular formula is C23H25FN4O3. The van der Waals surface area contributed by atoms with Crippen LogP contribution in [0.4, 0.5) is 4.39 Å². The monoisotopic (exact) mass is 424 g/mol. The number of amides is 1. The summed E-state index contributed by atoms with van der Waals surface area (Å²) in [5.41, 5.74) is 0.0836. The average Bonchev–Trinajstić information content (AvgIpc) is 2.77. The maximum Gasteiger partial charge on any atom is 0.329 e. The molecule has 0 unspecified atom stereocenters. The number of carbonyl (C=O) groups is 1. The first-order valence-electron chi connectivity index (χ1n) is 10.4. The van der Waals surface area contributed by atoms with Gasteiger partial charge < -0.3 is 4.90 Å². The number of hydrogen-bond donors (Lipinski definition) is 1. The molecule has 2 aromatic carbocycles. The lowest BCUT2D eigenvalue weighted by Crippen LogP contribution is -2.53. The summed E-state index contributed by atoms with van der Waals surface area (Å²) in [4.78, 5) is 43.8. The Morgan fingerprint density at radius 2 is 1.94 bits per heavy atom. The molecule has 1 atom stereocenters. The Labute approximate surface area is 178 Å². The predicted octanol–water partition coefficient (Wildman–Crippen LogP) is 2.04. The Kier molecular flexibility index (Phi) is 5.73. The van der Waals surface area contributed by atoms with Crippen molar-refractivity contribution < 1.29 is 9.18 Å². The van der Waals surface area contributed by atoms with E-state index in [1.807, 2.05) is 7.05 Å². The van der Waals surface area contributed by atoms with Gasteiger partial charge in [0.2, 0.25) is 0 Å². The number of piperazine rings is 1. The number of para-hydroxylation sites is 1. The normalized spacial score (nSPS) is 17.3. The molecule has 0 saturated carbocycles. The van der Waals surface area contributed by atoms with Gasteiger partial charge >= 0.3 is 5.69 Å². The third-order valence-corrected chi connectivity index (χ3v) is 6.04. The molecule has 162 valence electrons. The summed E-state index contributed by atoms with van der Waals surface area (Å²) in [5, 5.41) is 0.392. The van der Waals surface area contributed by atoms with Crippen LogP contribution in [0.2, 0.25) is 0 Å². The van der Waals surface area contributed by atoms with E-state index in [0.717, 1.165) is 13.0 Å². The van der Waals surface area contributed by atoms with Gasteiger partial charge in [-0.2, -0.15) is 0 Å². The number of aromatic amines is 1. The van der Waals surface area contributed by atoms with Gasteiger partial charge in [0, 0.05) is 25.7 Å². The molecule has 4 rings (SSSR count). The highest BCUT2D eigenvalue weighted by atomic mass is 19.1. The number of halogens is 1. The van der Waals surface area contributed by atoms with Crippen LogP contribution in [-0.2, 0) is 6.54 Å². The number of carbonyl (C=O) groups excluding carboxylic acids is 1. The highest BCUT2D eigenvalue weighted by Gasteiger charge is 2.28. The van der Waals surface area contributed by atoms with Gasteiger partial charge in [-0.3, -0.25) is 24.0 Å². The van der Waals surface area contributed by atoms with Crippen molar-refractivity contribution in [3.8, 4) is 0 Å². The molecule has 1 saturated heterocycles. The van der Waals surface area contributed by atoms with Gasteiger partial charge in [0.1, 0.15) is 5.82 Å². The third-order valence-electron chi connectivity index (χ3n) is 6.04. The number of likely N-dealkylation sites (N-methyl/N-ethyl adjacent to an activating group) is 1. The molecule has 8 heteroatoms. The fourth-order valence-corrected chi connectivity index (χ4v) is 4.16. The molecule has 1 amide bonds. The Morgan fingerprint density at radius 3 is 2.71 bits per heavy atom. The van der Waals surface area contributed by atoms with Crippen molar-refractivity contribution in [1.82, 2.24) is 19.4 Å². The molecule has 1 fully saturated rings. The molecule has 1 aromatic heterocycles. The maximum absolute atomic E-state index is 14.6. The first-order valence-corrected chi connectivity index (χ1v) is 10.4.